The molecule has 11 nitrogen and oxygen atoms in total. The number of carbonyl (C=O) groups excluding carboxylic acids is 1. The zero-order valence-corrected chi connectivity index (χ0v) is 22.9. The standard InChI is InChI=1S/C30H31N7O4/c1-30(2,18-38)15-20(16-31)28(39)35-14-6-7-22(17-35)37-27-25(26(32)33-19-34-27)36(29(37)40)21-10-12-24(13-11-21)41-23-8-4-3-5-9-23/h3-5,8-13,15,19,22,38H,6-7,14,17-18H2,1-2H3,(H2,32,33,34). The van der Waals surface area contributed by atoms with Gasteiger partial charge in [-0.3, -0.25) is 13.9 Å². The summed E-state index contributed by atoms with van der Waals surface area (Å²) in [6, 6.07) is 18.0. The molecular formula is C30H31N7O4. The minimum absolute atomic E-state index is 0.0381. The number of nitrogens with zero attached hydrogens (tertiary/aromatic N) is 6. The number of likely N-dealkylation sites (tertiary alicyclic amines) is 1. The molecule has 1 amide bonds. The van der Waals surface area contributed by atoms with Gasteiger partial charge < -0.3 is 20.5 Å². The van der Waals surface area contributed by atoms with Gasteiger partial charge in [-0.1, -0.05) is 38.1 Å². The summed E-state index contributed by atoms with van der Waals surface area (Å²) in [5.41, 5.74) is 6.44. The number of imidazole rings is 1. The number of nitrogen functional groups attached to an aromatic ring is 1. The maximum atomic E-state index is 14.0. The number of rotatable bonds is 7. The Labute approximate surface area is 236 Å². The number of aromatic nitrogens is 4. The second-order valence-corrected chi connectivity index (χ2v) is 10.7. The molecule has 1 atom stereocenters. The predicted octanol–water partition coefficient (Wildman–Crippen LogP) is 3.59. The fourth-order valence-electron chi connectivity index (χ4n) is 5.02. The maximum absolute atomic E-state index is 14.0. The van der Waals surface area contributed by atoms with Crippen LogP contribution >= 0.6 is 0 Å². The molecule has 1 aliphatic heterocycles. The number of aliphatic hydroxyl groups is 1. The van der Waals surface area contributed by atoms with Gasteiger partial charge in [0.05, 0.1) is 18.3 Å². The summed E-state index contributed by atoms with van der Waals surface area (Å²) in [4.78, 5) is 37.4. The number of ether oxygens (including phenoxy) is 1. The van der Waals surface area contributed by atoms with E-state index in [4.69, 9.17) is 10.5 Å². The van der Waals surface area contributed by atoms with Crippen LogP contribution in [-0.4, -0.2) is 54.7 Å². The summed E-state index contributed by atoms with van der Waals surface area (Å²) >= 11 is 0. The van der Waals surface area contributed by atoms with E-state index in [1.165, 1.54) is 17.0 Å². The molecule has 0 bridgehead atoms. The first-order valence-corrected chi connectivity index (χ1v) is 13.3. The Morgan fingerprint density at radius 2 is 1.88 bits per heavy atom. The van der Waals surface area contributed by atoms with Gasteiger partial charge in [0.2, 0.25) is 0 Å². The van der Waals surface area contributed by atoms with Crippen molar-refractivity contribution in [3.05, 3.63) is 83.1 Å². The van der Waals surface area contributed by atoms with Crippen molar-refractivity contribution < 1.29 is 14.6 Å². The van der Waals surface area contributed by atoms with Gasteiger partial charge in [-0.15, -0.1) is 0 Å². The number of aliphatic hydroxyl groups excluding tert-OH is 1. The Kier molecular flexibility index (Phi) is 7.59. The third-order valence-corrected chi connectivity index (χ3v) is 7.10. The molecule has 2 aromatic heterocycles. The van der Waals surface area contributed by atoms with E-state index in [0.717, 1.165) is 0 Å². The monoisotopic (exact) mass is 553 g/mol. The molecule has 4 aromatic rings. The van der Waals surface area contributed by atoms with Gasteiger partial charge in [0.15, 0.2) is 11.5 Å². The van der Waals surface area contributed by atoms with Crippen LogP contribution in [0.15, 0.2) is 77.4 Å². The van der Waals surface area contributed by atoms with Gasteiger partial charge in [0.1, 0.15) is 35.0 Å². The SMILES string of the molecule is CC(C)(C=C(C#N)C(=O)N1CCCC(n2c(=O)n(-c3ccc(Oc4ccccc4)cc3)c3c(N)ncnc32)C1)CO. The molecule has 3 heterocycles. The predicted molar refractivity (Wildman–Crippen MR) is 153 cm³/mol. The van der Waals surface area contributed by atoms with Crippen molar-refractivity contribution in [3.63, 3.8) is 0 Å². The quantitative estimate of drug-likeness (QED) is 0.260. The third-order valence-electron chi connectivity index (χ3n) is 7.10. The number of piperidine rings is 1. The molecule has 210 valence electrons. The summed E-state index contributed by atoms with van der Waals surface area (Å²) in [6.45, 7) is 3.94. The first kappa shape index (κ1) is 27.6. The first-order valence-electron chi connectivity index (χ1n) is 13.3. The Balaban J connectivity index is 1.50. The van der Waals surface area contributed by atoms with E-state index in [0.29, 0.717) is 47.7 Å². The number of fused-ring (bicyclic) bond motifs is 1. The fraction of sp³-hybridized carbons (Fsp3) is 0.300. The lowest BCUT2D eigenvalue weighted by molar-refractivity contribution is -0.128. The summed E-state index contributed by atoms with van der Waals surface area (Å²) in [5, 5.41) is 19.3. The molecule has 0 radical (unpaired) electrons. The van der Waals surface area contributed by atoms with Crippen molar-refractivity contribution in [3.8, 4) is 23.3 Å². The highest BCUT2D eigenvalue weighted by Crippen LogP contribution is 2.29. The average Bonchev–Trinajstić information content (AvgIpc) is 3.29. The van der Waals surface area contributed by atoms with Gasteiger partial charge in [0.25, 0.3) is 5.91 Å². The number of nitrogens with two attached hydrogens (primary N) is 1. The highest BCUT2D eigenvalue weighted by atomic mass is 16.5. The molecule has 1 unspecified atom stereocenters. The topological polar surface area (TPSA) is 152 Å². The molecule has 1 aliphatic rings. The second-order valence-electron chi connectivity index (χ2n) is 10.7. The smallest absolute Gasteiger partial charge is 0.335 e. The highest BCUT2D eigenvalue weighted by molar-refractivity contribution is 5.97. The third kappa shape index (κ3) is 5.55. The van der Waals surface area contributed by atoms with Crippen molar-refractivity contribution >= 4 is 22.9 Å². The minimum Gasteiger partial charge on any atom is -0.457 e. The molecule has 1 fully saturated rings. The number of para-hydroxylation sites is 1. The molecule has 0 spiro atoms. The van der Waals surface area contributed by atoms with E-state index < -0.39 is 17.4 Å². The zero-order valence-electron chi connectivity index (χ0n) is 22.9. The van der Waals surface area contributed by atoms with E-state index >= 15 is 0 Å². The second kappa shape index (κ2) is 11.3. The number of amides is 1. The zero-order chi connectivity index (χ0) is 29.1. The number of carbonyl (C=O) groups is 1. The van der Waals surface area contributed by atoms with Gasteiger partial charge in [-0.05, 0) is 49.2 Å². The lowest BCUT2D eigenvalue weighted by Crippen LogP contribution is -2.43. The van der Waals surface area contributed by atoms with Gasteiger partial charge in [0, 0.05) is 18.5 Å². The molecule has 1 saturated heterocycles. The summed E-state index contributed by atoms with van der Waals surface area (Å²) < 4.78 is 8.93. The molecular weight excluding hydrogens is 522 g/mol. The van der Waals surface area contributed by atoms with Crippen molar-refractivity contribution in [2.75, 3.05) is 25.4 Å². The summed E-state index contributed by atoms with van der Waals surface area (Å²) in [6.07, 6.45) is 4.07. The highest BCUT2D eigenvalue weighted by Gasteiger charge is 2.31. The molecule has 41 heavy (non-hydrogen) atoms. The number of benzene rings is 2. The Morgan fingerprint density at radius 1 is 1.17 bits per heavy atom. The van der Waals surface area contributed by atoms with Crippen LogP contribution in [-0.2, 0) is 4.79 Å². The lowest BCUT2D eigenvalue weighted by Gasteiger charge is -2.33. The van der Waals surface area contributed by atoms with Crippen LogP contribution in [0.1, 0.15) is 32.7 Å². The molecule has 2 aromatic carbocycles. The normalized spacial score (nSPS) is 16.0. The van der Waals surface area contributed by atoms with E-state index in [1.54, 1.807) is 47.6 Å². The van der Waals surface area contributed by atoms with E-state index in [9.17, 15) is 20.0 Å². The molecule has 0 aliphatic carbocycles. The minimum atomic E-state index is -0.726. The number of hydrogen-bond acceptors (Lipinski definition) is 8. The van der Waals surface area contributed by atoms with Crippen molar-refractivity contribution in [1.29, 1.82) is 5.26 Å². The van der Waals surface area contributed by atoms with Crippen LogP contribution in [0.4, 0.5) is 5.82 Å². The van der Waals surface area contributed by atoms with Crippen molar-refractivity contribution in [2.45, 2.75) is 32.7 Å². The molecule has 3 N–H and O–H groups in total. The Morgan fingerprint density at radius 3 is 2.56 bits per heavy atom. The van der Waals surface area contributed by atoms with Crippen LogP contribution < -0.4 is 16.2 Å². The van der Waals surface area contributed by atoms with Crippen LogP contribution in [0, 0.1) is 16.7 Å². The Hall–Kier alpha value is -4.95. The summed E-state index contributed by atoms with van der Waals surface area (Å²) in [5.74, 6) is 1.02. The van der Waals surface area contributed by atoms with Gasteiger partial charge in [-0.2, -0.15) is 5.26 Å². The maximum Gasteiger partial charge on any atom is 0.335 e. The van der Waals surface area contributed by atoms with Crippen molar-refractivity contribution in [1.82, 2.24) is 24.0 Å². The van der Waals surface area contributed by atoms with Crippen LogP contribution in [0.3, 0.4) is 0 Å². The van der Waals surface area contributed by atoms with Crippen LogP contribution in [0.2, 0.25) is 0 Å². The number of hydrogen-bond donors (Lipinski definition) is 2. The van der Waals surface area contributed by atoms with Crippen molar-refractivity contribution in [2.24, 2.45) is 5.41 Å². The first-order chi connectivity index (χ1) is 19.7. The lowest BCUT2D eigenvalue weighted by atomic mass is 9.91. The van der Waals surface area contributed by atoms with Gasteiger partial charge >= 0.3 is 5.69 Å². The fourth-order valence-corrected chi connectivity index (χ4v) is 5.02. The van der Waals surface area contributed by atoms with Gasteiger partial charge in [-0.25, -0.2) is 14.8 Å². The average molecular weight is 554 g/mol. The Bertz CT molecular complexity index is 1700. The van der Waals surface area contributed by atoms with Crippen LogP contribution in [0.5, 0.6) is 11.5 Å². The van der Waals surface area contributed by atoms with E-state index in [1.807, 2.05) is 36.4 Å². The molecule has 5 rings (SSSR count). The van der Waals surface area contributed by atoms with Crippen LogP contribution in [0.25, 0.3) is 16.9 Å². The van der Waals surface area contributed by atoms with E-state index in [2.05, 4.69) is 9.97 Å². The molecule has 0 saturated carbocycles. The van der Waals surface area contributed by atoms with E-state index in [-0.39, 0.29) is 30.2 Å². The summed E-state index contributed by atoms with van der Waals surface area (Å²) in [7, 11) is 0. The molecule has 11 heteroatoms. The number of nitriles is 1. The largest absolute Gasteiger partial charge is 0.457 e. The number of anilines is 1.